The van der Waals surface area contributed by atoms with E-state index < -0.39 is 23.8 Å². The van der Waals surface area contributed by atoms with Crippen LogP contribution in [0.15, 0.2) is 18.2 Å². The number of nitrogens with zero attached hydrogens (tertiary/aromatic N) is 2. The van der Waals surface area contributed by atoms with E-state index in [1.54, 1.807) is 12.1 Å². The first-order chi connectivity index (χ1) is 12.5. The minimum absolute atomic E-state index is 0.112. The van der Waals surface area contributed by atoms with Gasteiger partial charge in [0.05, 0.1) is 16.8 Å². The Morgan fingerprint density at radius 3 is 2.42 bits per heavy atom. The van der Waals surface area contributed by atoms with E-state index in [4.69, 9.17) is 5.73 Å². The number of hydrogen-bond acceptors (Lipinski definition) is 6. The molecule has 1 unspecified atom stereocenters. The lowest BCUT2D eigenvalue weighted by atomic mass is 10.0. The number of fused-ring (bicyclic) bond motifs is 1. The first-order valence-corrected chi connectivity index (χ1v) is 8.82. The molecule has 4 rings (SSSR count). The van der Waals surface area contributed by atoms with Crippen molar-refractivity contribution in [2.24, 2.45) is 5.73 Å². The quantitative estimate of drug-likeness (QED) is 0.722. The van der Waals surface area contributed by atoms with Gasteiger partial charge in [0.2, 0.25) is 11.8 Å². The monoisotopic (exact) mass is 356 g/mol. The first kappa shape index (κ1) is 16.7. The summed E-state index contributed by atoms with van der Waals surface area (Å²) in [7, 11) is 0. The average Bonchev–Trinajstić information content (AvgIpc) is 2.87. The van der Waals surface area contributed by atoms with Crippen molar-refractivity contribution in [2.75, 3.05) is 18.0 Å². The molecule has 3 N–H and O–H groups in total. The largest absolute Gasteiger partial charge is 0.371 e. The highest BCUT2D eigenvalue weighted by Gasteiger charge is 2.46. The van der Waals surface area contributed by atoms with Gasteiger partial charge >= 0.3 is 0 Å². The number of carbonyl (C=O) groups is 4. The third-order valence-electron chi connectivity index (χ3n) is 5.33. The number of nitrogens with two attached hydrogens (primary N) is 1. The molecule has 1 aromatic rings. The maximum Gasteiger partial charge on any atom is 0.264 e. The number of nitrogens with one attached hydrogen (secondary N) is 1. The van der Waals surface area contributed by atoms with Crippen LogP contribution in [0.5, 0.6) is 0 Å². The molecule has 8 nitrogen and oxygen atoms in total. The molecule has 0 spiro atoms. The topological polar surface area (TPSA) is 113 Å². The van der Waals surface area contributed by atoms with Crippen LogP contribution in [0.2, 0.25) is 0 Å². The summed E-state index contributed by atoms with van der Waals surface area (Å²) in [5.74, 6) is -1.92. The van der Waals surface area contributed by atoms with Crippen LogP contribution < -0.4 is 16.0 Å². The average molecular weight is 356 g/mol. The van der Waals surface area contributed by atoms with Crippen molar-refractivity contribution in [3.63, 3.8) is 0 Å². The maximum absolute atomic E-state index is 13.1. The van der Waals surface area contributed by atoms with Crippen LogP contribution in [0.4, 0.5) is 5.69 Å². The lowest BCUT2D eigenvalue weighted by Gasteiger charge is -2.33. The zero-order valence-electron chi connectivity index (χ0n) is 14.2. The molecule has 3 aliphatic heterocycles. The molecule has 26 heavy (non-hydrogen) atoms. The zero-order valence-corrected chi connectivity index (χ0v) is 14.2. The van der Waals surface area contributed by atoms with Crippen molar-refractivity contribution >= 4 is 29.3 Å². The summed E-state index contributed by atoms with van der Waals surface area (Å²) in [5.41, 5.74) is 7.32. The molecule has 3 heterocycles. The Morgan fingerprint density at radius 2 is 1.73 bits per heavy atom. The number of hydrogen-bond donors (Lipinski definition) is 2. The lowest BCUT2D eigenvalue weighted by molar-refractivity contribution is -0.136. The van der Waals surface area contributed by atoms with E-state index >= 15 is 0 Å². The molecule has 0 bridgehead atoms. The second-order valence-electron chi connectivity index (χ2n) is 6.97. The summed E-state index contributed by atoms with van der Waals surface area (Å²) in [4.78, 5) is 52.5. The fourth-order valence-corrected chi connectivity index (χ4v) is 3.90. The number of piperidine rings is 2. The predicted octanol–water partition coefficient (Wildman–Crippen LogP) is 0.0153. The molecular formula is C18H20N4O4. The molecule has 1 atom stereocenters. The highest BCUT2D eigenvalue weighted by atomic mass is 16.2. The summed E-state index contributed by atoms with van der Waals surface area (Å²) in [6, 6.07) is 4.40. The standard InChI is InChI=1S/C18H20N4O4/c19-10-6-8-21(9-7-10)12-3-1-2-11-15(12)18(26)22(17(11)25)13-4-5-14(23)20-16(13)24/h1-3,10,13H,4-9,19H2,(H,20,23,24). The van der Waals surface area contributed by atoms with Crippen LogP contribution in [-0.4, -0.2) is 53.7 Å². The van der Waals surface area contributed by atoms with Gasteiger partial charge in [-0.2, -0.15) is 0 Å². The number of carbonyl (C=O) groups excluding carboxylic acids is 4. The molecule has 0 saturated carbocycles. The molecule has 1 aromatic carbocycles. The number of anilines is 1. The molecule has 0 radical (unpaired) electrons. The third kappa shape index (κ3) is 2.57. The van der Waals surface area contributed by atoms with Gasteiger partial charge in [-0.15, -0.1) is 0 Å². The first-order valence-electron chi connectivity index (χ1n) is 8.82. The molecule has 2 fully saturated rings. The van der Waals surface area contributed by atoms with Gasteiger partial charge in [0, 0.05) is 25.6 Å². The molecule has 3 aliphatic rings. The van der Waals surface area contributed by atoms with E-state index in [9.17, 15) is 19.2 Å². The maximum atomic E-state index is 13.1. The van der Waals surface area contributed by atoms with Crippen molar-refractivity contribution in [3.8, 4) is 0 Å². The van der Waals surface area contributed by atoms with Crippen molar-refractivity contribution in [1.29, 1.82) is 0 Å². The minimum Gasteiger partial charge on any atom is -0.371 e. The molecule has 0 aliphatic carbocycles. The number of imide groups is 2. The van der Waals surface area contributed by atoms with Gasteiger partial charge in [-0.25, -0.2) is 0 Å². The summed E-state index contributed by atoms with van der Waals surface area (Å²) < 4.78 is 0. The fourth-order valence-electron chi connectivity index (χ4n) is 3.90. The van der Waals surface area contributed by atoms with Crippen LogP contribution >= 0.6 is 0 Å². The van der Waals surface area contributed by atoms with Crippen LogP contribution in [-0.2, 0) is 9.59 Å². The Hall–Kier alpha value is -2.74. The zero-order chi connectivity index (χ0) is 18.4. The predicted molar refractivity (Wildman–Crippen MR) is 92.5 cm³/mol. The Balaban J connectivity index is 1.67. The highest BCUT2D eigenvalue weighted by Crippen LogP contribution is 2.35. The van der Waals surface area contributed by atoms with Gasteiger partial charge in [0.25, 0.3) is 11.8 Å². The Bertz CT molecular complexity index is 813. The van der Waals surface area contributed by atoms with Gasteiger partial charge in [0.15, 0.2) is 0 Å². The van der Waals surface area contributed by atoms with E-state index in [1.807, 2.05) is 6.07 Å². The van der Waals surface area contributed by atoms with Gasteiger partial charge in [0.1, 0.15) is 6.04 Å². The fraction of sp³-hybridized carbons (Fsp3) is 0.444. The second kappa shape index (κ2) is 6.21. The van der Waals surface area contributed by atoms with E-state index in [-0.39, 0.29) is 24.8 Å². The number of amides is 4. The van der Waals surface area contributed by atoms with Crippen molar-refractivity contribution in [1.82, 2.24) is 10.2 Å². The molecule has 4 amide bonds. The van der Waals surface area contributed by atoms with Crippen molar-refractivity contribution in [3.05, 3.63) is 29.3 Å². The second-order valence-corrected chi connectivity index (χ2v) is 6.97. The summed E-state index contributed by atoms with van der Waals surface area (Å²) in [6.07, 6.45) is 1.91. The van der Waals surface area contributed by atoms with Crippen LogP contribution in [0.25, 0.3) is 0 Å². The normalized spacial score (nSPS) is 24.1. The molecule has 136 valence electrons. The molecular weight excluding hydrogens is 336 g/mol. The van der Waals surface area contributed by atoms with Crippen LogP contribution in [0.1, 0.15) is 46.4 Å². The Kier molecular flexibility index (Phi) is 3.99. The summed E-state index contributed by atoms with van der Waals surface area (Å²) in [6.45, 7) is 1.44. The summed E-state index contributed by atoms with van der Waals surface area (Å²) in [5, 5.41) is 2.21. The van der Waals surface area contributed by atoms with E-state index in [2.05, 4.69) is 10.2 Å². The minimum atomic E-state index is -0.942. The Labute approximate surface area is 150 Å². The molecule has 0 aromatic heterocycles. The van der Waals surface area contributed by atoms with Gasteiger partial charge in [-0.05, 0) is 31.4 Å². The smallest absolute Gasteiger partial charge is 0.264 e. The highest BCUT2D eigenvalue weighted by molar-refractivity contribution is 6.25. The van der Waals surface area contributed by atoms with E-state index in [0.717, 1.165) is 30.8 Å². The number of benzene rings is 1. The van der Waals surface area contributed by atoms with Gasteiger partial charge < -0.3 is 10.6 Å². The van der Waals surface area contributed by atoms with Crippen molar-refractivity contribution < 1.29 is 19.2 Å². The molecule has 8 heteroatoms. The van der Waals surface area contributed by atoms with E-state index in [1.165, 1.54) is 0 Å². The SMILES string of the molecule is NC1CCN(c2cccc3c2C(=O)N(C2CCC(=O)NC2=O)C3=O)CC1. The van der Waals surface area contributed by atoms with Gasteiger partial charge in [-0.1, -0.05) is 6.07 Å². The van der Waals surface area contributed by atoms with Crippen LogP contribution in [0.3, 0.4) is 0 Å². The van der Waals surface area contributed by atoms with Crippen LogP contribution in [0, 0.1) is 0 Å². The lowest BCUT2D eigenvalue weighted by Crippen LogP contribution is -2.54. The van der Waals surface area contributed by atoms with Gasteiger partial charge in [-0.3, -0.25) is 29.4 Å². The summed E-state index contributed by atoms with van der Waals surface area (Å²) >= 11 is 0. The molecule has 2 saturated heterocycles. The Morgan fingerprint density at radius 1 is 1.00 bits per heavy atom. The van der Waals surface area contributed by atoms with Crippen molar-refractivity contribution in [2.45, 2.75) is 37.8 Å². The number of rotatable bonds is 2. The third-order valence-corrected chi connectivity index (χ3v) is 5.33. The van der Waals surface area contributed by atoms with E-state index in [0.29, 0.717) is 16.8 Å².